The van der Waals surface area contributed by atoms with E-state index in [1.165, 1.54) is 0 Å². The van der Waals surface area contributed by atoms with Crippen molar-refractivity contribution in [3.63, 3.8) is 0 Å². The molecule has 0 amide bonds. The van der Waals surface area contributed by atoms with E-state index in [1.807, 2.05) is 31.2 Å². The summed E-state index contributed by atoms with van der Waals surface area (Å²) in [6.45, 7) is 2.02. The van der Waals surface area contributed by atoms with Crippen molar-refractivity contribution in [3.8, 4) is 17.7 Å². The smallest absolute Gasteiger partial charge is 0.229 e. The zero-order chi connectivity index (χ0) is 13.8. The Morgan fingerprint density at radius 3 is 2.58 bits per heavy atom. The van der Waals surface area contributed by atoms with Gasteiger partial charge in [-0.1, -0.05) is 30.0 Å². The van der Waals surface area contributed by atoms with Gasteiger partial charge in [0.2, 0.25) is 5.88 Å². The number of rotatable bonds is 1. The Kier molecular flexibility index (Phi) is 4.08. The lowest BCUT2D eigenvalue weighted by molar-refractivity contribution is 0.395. The number of hydrogen-bond donors (Lipinski definition) is 1. The first-order valence-corrected chi connectivity index (χ1v) is 6.48. The predicted octanol–water partition coefficient (Wildman–Crippen LogP) is 3.14. The maximum atomic E-state index is 5.99. The van der Waals surface area contributed by atoms with E-state index in [0.717, 1.165) is 11.1 Å². The molecule has 0 aliphatic rings. The van der Waals surface area contributed by atoms with E-state index in [0.29, 0.717) is 21.6 Å². The Morgan fingerprint density at radius 1 is 1.21 bits per heavy atom. The van der Waals surface area contributed by atoms with E-state index < -0.39 is 0 Å². The summed E-state index contributed by atoms with van der Waals surface area (Å²) in [4.78, 5) is 4.14. The van der Waals surface area contributed by atoms with Gasteiger partial charge in [-0.3, -0.25) is 0 Å². The lowest BCUT2D eigenvalue weighted by Gasteiger charge is -2.05. The molecule has 1 aromatic heterocycles. The van der Waals surface area contributed by atoms with Gasteiger partial charge in [0.25, 0.3) is 0 Å². The molecule has 2 aromatic rings. The number of ether oxygens (including phenoxy) is 1. The quantitative estimate of drug-likeness (QED) is 0.822. The molecule has 0 radical (unpaired) electrons. The third kappa shape index (κ3) is 2.88. The summed E-state index contributed by atoms with van der Waals surface area (Å²) in [7, 11) is 1.55. The summed E-state index contributed by atoms with van der Waals surface area (Å²) in [6, 6.07) is 7.95. The van der Waals surface area contributed by atoms with Gasteiger partial charge in [-0.15, -0.1) is 0 Å². The molecule has 0 saturated carbocycles. The van der Waals surface area contributed by atoms with Gasteiger partial charge >= 0.3 is 0 Å². The van der Waals surface area contributed by atoms with E-state index >= 15 is 0 Å². The van der Waals surface area contributed by atoms with Crippen molar-refractivity contribution in [3.05, 3.63) is 51.6 Å². The highest BCUT2D eigenvalue weighted by Gasteiger charge is 2.08. The molecule has 2 rings (SSSR count). The third-order valence-corrected chi connectivity index (χ3v) is 3.46. The number of nitrogen functional groups attached to an aromatic ring is 1. The third-order valence-electron chi connectivity index (χ3n) is 2.70. The van der Waals surface area contributed by atoms with Crippen LogP contribution < -0.4 is 10.5 Å². The zero-order valence-electron chi connectivity index (χ0n) is 10.7. The molecule has 0 atom stereocenters. The van der Waals surface area contributed by atoms with Gasteiger partial charge < -0.3 is 10.5 Å². The van der Waals surface area contributed by atoms with Crippen LogP contribution in [0.15, 0.2) is 34.9 Å². The zero-order valence-corrected chi connectivity index (χ0v) is 12.3. The van der Waals surface area contributed by atoms with Crippen LogP contribution in [-0.4, -0.2) is 12.1 Å². The minimum atomic E-state index is 0.457. The fourth-order valence-electron chi connectivity index (χ4n) is 1.57. The second kappa shape index (κ2) is 5.77. The van der Waals surface area contributed by atoms with Crippen molar-refractivity contribution in [2.45, 2.75) is 6.92 Å². The SMILES string of the molecule is COc1ncc(C#Cc2ccccc2C)c(N)c1Br. The van der Waals surface area contributed by atoms with Crippen molar-refractivity contribution in [2.24, 2.45) is 0 Å². The molecule has 0 fully saturated rings. The molecule has 0 aliphatic heterocycles. The van der Waals surface area contributed by atoms with Gasteiger partial charge in [-0.05, 0) is 34.5 Å². The lowest BCUT2D eigenvalue weighted by atomic mass is 10.1. The van der Waals surface area contributed by atoms with Gasteiger partial charge in [-0.25, -0.2) is 4.98 Å². The largest absolute Gasteiger partial charge is 0.480 e. The molecule has 0 aliphatic carbocycles. The molecule has 2 N–H and O–H groups in total. The summed E-state index contributed by atoms with van der Waals surface area (Å²) in [5.41, 5.74) is 9.32. The Labute approximate surface area is 120 Å². The Morgan fingerprint density at radius 2 is 1.89 bits per heavy atom. The highest BCUT2D eigenvalue weighted by Crippen LogP contribution is 2.30. The van der Waals surface area contributed by atoms with Gasteiger partial charge in [0.15, 0.2) is 0 Å². The first-order chi connectivity index (χ1) is 9.13. The lowest BCUT2D eigenvalue weighted by Crippen LogP contribution is -1.97. The summed E-state index contributed by atoms with van der Waals surface area (Å²) in [5.74, 6) is 6.60. The van der Waals surface area contributed by atoms with E-state index in [9.17, 15) is 0 Å². The number of pyridine rings is 1. The molecule has 96 valence electrons. The number of hydrogen-bond acceptors (Lipinski definition) is 3. The van der Waals surface area contributed by atoms with E-state index in [1.54, 1.807) is 13.3 Å². The van der Waals surface area contributed by atoms with Crippen LogP contribution in [0.3, 0.4) is 0 Å². The second-order valence-electron chi connectivity index (χ2n) is 3.97. The van der Waals surface area contributed by atoms with E-state index in [-0.39, 0.29) is 0 Å². The van der Waals surface area contributed by atoms with Crippen molar-refractivity contribution in [1.29, 1.82) is 0 Å². The molecule has 0 unspecified atom stereocenters. The summed E-state index contributed by atoms with van der Waals surface area (Å²) in [5, 5.41) is 0. The highest BCUT2D eigenvalue weighted by molar-refractivity contribution is 9.10. The molecule has 0 bridgehead atoms. The van der Waals surface area contributed by atoms with Gasteiger partial charge in [0.05, 0.1) is 18.4 Å². The number of nitrogens with zero attached hydrogens (tertiary/aromatic N) is 1. The normalized spacial score (nSPS) is 9.63. The molecule has 4 heteroatoms. The standard InChI is InChI=1S/C15H13BrN2O/c1-10-5-3-4-6-11(10)7-8-12-9-18-15(19-2)13(16)14(12)17/h3-6,9H,1-2H3,(H2,17,18). The maximum absolute atomic E-state index is 5.99. The Balaban J connectivity index is 2.41. The second-order valence-corrected chi connectivity index (χ2v) is 4.77. The van der Waals surface area contributed by atoms with Crippen molar-refractivity contribution in [1.82, 2.24) is 4.98 Å². The van der Waals surface area contributed by atoms with Crippen LogP contribution in [0.5, 0.6) is 5.88 Å². The molecule has 0 spiro atoms. The number of benzene rings is 1. The van der Waals surface area contributed by atoms with Crippen molar-refractivity contribution in [2.75, 3.05) is 12.8 Å². The summed E-state index contributed by atoms with van der Waals surface area (Å²) in [6.07, 6.45) is 1.62. The molecule has 0 saturated heterocycles. The average Bonchev–Trinajstić information content (AvgIpc) is 2.42. The predicted molar refractivity (Wildman–Crippen MR) is 80.1 cm³/mol. The van der Waals surface area contributed by atoms with Gasteiger partial charge in [0.1, 0.15) is 4.47 Å². The number of anilines is 1. The Bertz CT molecular complexity index is 672. The van der Waals surface area contributed by atoms with Crippen LogP contribution in [0.4, 0.5) is 5.69 Å². The fraction of sp³-hybridized carbons (Fsp3) is 0.133. The maximum Gasteiger partial charge on any atom is 0.229 e. The molecule has 19 heavy (non-hydrogen) atoms. The molecule has 1 heterocycles. The fourth-order valence-corrected chi connectivity index (χ4v) is 2.05. The van der Waals surface area contributed by atoms with Crippen LogP contribution in [0.2, 0.25) is 0 Å². The monoisotopic (exact) mass is 316 g/mol. The first-order valence-electron chi connectivity index (χ1n) is 5.69. The minimum absolute atomic E-state index is 0.457. The van der Waals surface area contributed by atoms with Crippen LogP contribution in [0.1, 0.15) is 16.7 Å². The molecular weight excluding hydrogens is 304 g/mol. The average molecular weight is 317 g/mol. The van der Waals surface area contributed by atoms with Gasteiger partial charge in [-0.2, -0.15) is 0 Å². The number of methoxy groups -OCH3 is 1. The molecule has 3 nitrogen and oxygen atoms in total. The van der Waals surface area contributed by atoms with Crippen molar-refractivity contribution >= 4 is 21.6 Å². The topological polar surface area (TPSA) is 48.1 Å². The van der Waals surface area contributed by atoms with Gasteiger partial charge in [0, 0.05) is 11.8 Å². The molecule has 1 aromatic carbocycles. The van der Waals surface area contributed by atoms with Crippen LogP contribution >= 0.6 is 15.9 Å². The van der Waals surface area contributed by atoms with E-state index in [2.05, 4.69) is 32.8 Å². The minimum Gasteiger partial charge on any atom is -0.480 e. The van der Waals surface area contributed by atoms with Crippen LogP contribution in [0, 0.1) is 18.8 Å². The molecular formula is C15H13BrN2O. The van der Waals surface area contributed by atoms with Crippen LogP contribution in [-0.2, 0) is 0 Å². The number of halogens is 1. The van der Waals surface area contributed by atoms with Crippen molar-refractivity contribution < 1.29 is 4.74 Å². The summed E-state index contributed by atoms with van der Waals surface area (Å²) >= 11 is 3.35. The highest BCUT2D eigenvalue weighted by atomic mass is 79.9. The number of aromatic nitrogens is 1. The number of aryl methyl sites for hydroxylation is 1. The Hall–Kier alpha value is -1.99. The van der Waals surface area contributed by atoms with Crippen LogP contribution in [0.25, 0.3) is 0 Å². The number of nitrogens with two attached hydrogens (primary N) is 1. The first kappa shape index (κ1) is 13.4. The van der Waals surface area contributed by atoms with E-state index in [4.69, 9.17) is 10.5 Å². The summed E-state index contributed by atoms with van der Waals surface area (Å²) < 4.78 is 5.71.